The first kappa shape index (κ1) is 34.1. The Morgan fingerprint density at radius 2 is 1.53 bits per heavy atom. The van der Waals surface area contributed by atoms with Crippen LogP contribution in [-0.2, 0) is 0 Å². The second kappa shape index (κ2) is 19.3. The Balaban J connectivity index is 0.000000423. The van der Waals surface area contributed by atoms with E-state index in [0.717, 1.165) is 0 Å². The monoisotopic (exact) mass is 1470 g/mol. The molecule has 2 aromatic carbocycles. The fourth-order valence-corrected chi connectivity index (χ4v) is 630. The van der Waals surface area contributed by atoms with Crippen molar-refractivity contribution in [2.45, 2.75) is 0 Å². The first-order chi connectivity index (χ1) is 13.9. The van der Waals surface area contributed by atoms with E-state index in [1.165, 1.54) is 36.4 Å². The van der Waals surface area contributed by atoms with Crippen molar-refractivity contribution < 1.29 is 28.3 Å². The van der Waals surface area contributed by atoms with Gasteiger partial charge in [0.25, 0.3) is 0 Å². The molecule has 0 aromatic heterocycles. The minimum absolute atomic E-state index is 0.000617. The van der Waals surface area contributed by atoms with Crippen LogP contribution in [0.15, 0.2) is 36.4 Å². The molecule has 0 aliphatic carbocycles. The number of rotatable bonds is 4. The van der Waals surface area contributed by atoms with Crippen LogP contribution in [0.25, 0.3) is 0 Å². The molecule has 0 atom stereocenters. The number of halogens is 11. The van der Waals surface area contributed by atoms with Gasteiger partial charge < -0.3 is 15.9 Å². The van der Waals surface area contributed by atoms with Crippen LogP contribution in [0.4, 0.5) is 0 Å². The second-order valence-electron chi connectivity index (χ2n) is 4.35. The van der Waals surface area contributed by atoms with Crippen molar-refractivity contribution in [3.63, 3.8) is 0 Å². The van der Waals surface area contributed by atoms with E-state index in [1.54, 1.807) is 0 Å². The van der Waals surface area contributed by atoms with Crippen molar-refractivity contribution in [1.82, 2.24) is 0 Å². The molecule has 0 bridgehead atoms. The van der Waals surface area contributed by atoms with Gasteiger partial charge in [-0.1, -0.05) is 23.2 Å². The first-order valence-corrected chi connectivity index (χ1v) is 57.7. The third-order valence-corrected chi connectivity index (χ3v) is 416. The van der Waals surface area contributed by atoms with E-state index in [1.807, 2.05) is 6.07 Å². The smallest absolute Gasteiger partial charge is 0.248 e. The van der Waals surface area contributed by atoms with E-state index in [2.05, 4.69) is 93.1 Å². The number of benzene rings is 2. The van der Waals surface area contributed by atoms with Crippen LogP contribution in [-0.4, -0.2) is 16.1 Å². The van der Waals surface area contributed by atoms with Crippen LogP contribution in [0, 0.1) is 11.3 Å². The van der Waals surface area contributed by atoms with E-state index < -0.39 is 5.91 Å². The average molecular weight is 1470 g/mol. The molecule has 30 heavy (non-hydrogen) atoms. The molecular formula is C14H10Cl2I9N2O3-. The van der Waals surface area contributed by atoms with Gasteiger partial charge in [0.2, 0.25) is 5.91 Å². The van der Waals surface area contributed by atoms with Gasteiger partial charge in [0, 0.05) is 5.56 Å². The van der Waals surface area contributed by atoms with Gasteiger partial charge in [-0.3, -0.25) is 4.79 Å². The molecule has 1 amide bonds. The Kier molecular flexibility index (Phi) is 22.0. The van der Waals surface area contributed by atoms with Crippen molar-refractivity contribution in [2.75, 3.05) is 0 Å². The molecule has 0 saturated carbocycles. The summed E-state index contributed by atoms with van der Waals surface area (Å²) in [6, 6.07) is 10.3. The normalized spacial score (nSPS) is 11.1. The number of primary amides is 1. The molecule has 2 aromatic rings. The van der Waals surface area contributed by atoms with Crippen molar-refractivity contribution in [3.8, 4) is 17.6 Å². The van der Waals surface area contributed by atoms with E-state index in [-0.39, 0.29) is 50.8 Å². The number of aromatic hydroxyl groups is 2. The fourth-order valence-electron chi connectivity index (χ4n) is 1.28. The van der Waals surface area contributed by atoms with Crippen LogP contribution >= 0.6 is 140 Å². The number of nitriles is 1. The molecule has 172 valence electrons. The van der Waals surface area contributed by atoms with Crippen molar-refractivity contribution in [2.24, 2.45) is 5.73 Å². The van der Waals surface area contributed by atoms with Crippen molar-refractivity contribution in [1.29, 1.82) is 5.26 Å². The maximum absolute atomic E-state index is 10.5. The number of phenolic OH excluding ortho intramolecular Hbond substituents is 2. The van der Waals surface area contributed by atoms with Crippen LogP contribution in [0.1, 0.15) is 15.9 Å². The molecule has 0 aliphatic heterocycles. The minimum Gasteiger partial charge on any atom is -0.506 e. The van der Waals surface area contributed by atoms with Gasteiger partial charge in [-0.15, -0.1) is 0 Å². The summed E-state index contributed by atoms with van der Waals surface area (Å²) in [5.41, 5.74) is 5.69. The molecule has 0 spiro atoms. The number of hydrogen-bond donors (Lipinski definition) is 3. The predicted octanol–water partition coefficient (Wildman–Crippen LogP) is 7.15. The molecule has 5 nitrogen and oxygen atoms in total. The van der Waals surface area contributed by atoms with E-state index in [0.29, 0.717) is 18.8 Å². The Morgan fingerprint density at radius 3 is 1.87 bits per heavy atom. The standard InChI is InChI=1S/C7H6ClNO2.C7H4ClNO.I9/c8-5-3-4(7(9)11)1-2-6(5)10;8-6-3-5(4-9)1-2-7(6)10;1-6-8(4)9(5)7(2)3/h1-3,10H,(H2,9,11);1-3,10H;/q;;-1. The van der Waals surface area contributed by atoms with E-state index >= 15 is 0 Å². The molecule has 0 aliphatic rings. The quantitative estimate of drug-likeness (QED) is 0.283. The Hall–Kier alpha value is 4.15. The summed E-state index contributed by atoms with van der Waals surface area (Å²) < 4.78 is 0. The Morgan fingerprint density at radius 1 is 1.03 bits per heavy atom. The Bertz CT molecular complexity index is 886. The average Bonchev–Trinajstić information content (AvgIpc) is 2.71. The summed E-state index contributed by atoms with van der Waals surface area (Å²) in [4.78, 5) is 10.5. The third-order valence-electron chi connectivity index (χ3n) is 2.51. The summed E-state index contributed by atoms with van der Waals surface area (Å²) >= 11 is 25.6. The Labute approximate surface area is 253 Å². The molecule has 0 radical (unpaired) electrons. The largest absolute Gasteiger partial charge is 0.506 e. The molecule has 0 unspecified atom stereocenters. The first-order valence-electron chi connectivity index (χ1n) is 6.66. The van der Waals surface area contributed by atoms with Crippen LogP contribution in [0.3, 0.4) is 0 Å². The fraction of sp³-hybridized carbons (Fsp3) is 0. The molecule has 0 heterocycles. The van der Waals surface area contributed by atoms with Gasteiger partial charge in [0.05, 0.1) is 21.7 Å². The number of phenols is 2. The van der Waals surface area contributed by atoms with Gasteiger partial charge in [-0.05, 0) is 36.4 Å². The number of carbonyl (C=O) groups excluding carboxylic acids is 1. The van der Waals surface area contributed by atoms with Crippen LogP contribution in [0.5, 0.6) is 11.5 Å². The number of hydrogen-bond acceptors (Lipinski definition) is 4. The summed E-state index contributed by atoms with van der Waals surface area (Å²) in [6.07, 6.45) is 0. The molecule has 4 N–H and O–H groups in total. The number of amides is 1. The summed E-state index contributed by atoms with van der Waals surface area (Å²) in [7, 11) is -0.795. The van der Waals surface area contributed by atoms with Crippen molar-refractivity contribution >= 4 is 146 Å². The maximum Gasteiger partial charge on any atom is 0.248 e. The summed E-state index contributed by atoms with van der Waals surface area (Å²) in [6.45, 7) is 0. The molecular weight excluding hydrogens is 1460 g/mol. The molecule has 0 fully saturated rings. The second-order valence-corrected chi connectivity index (χ2v) is 168. The number of nitrogens with zero attached hydrogens (tertiary/aromatic N) is 1. The molecule has 16 heteroatoms. The summed E-state index contributed by atoms with van der Waals surface area (Å²) in [5, 5.41) is 26.5. The summed E-state index contributed by atoms with van der Waals surface area (Å²) in [5.74, 6) is -0.621. The van der Waals surface area contributed by atoms with Gasteiger partial charge in [-0.25, -0.2) is 0 Å². The number of nitrogens with two attached hydrogens (primary N) is 1. The van der Waals surface area contributed by atoms with Gasteiger partial charge in [0.15, 0.2) is 0 Å². The predicted molar refractivity (Wildman–Crippen MR) is 192 cm³/mol. The van der Waals surface area contributed by atoms with Gasteiger partial charge >= 0.3 is 130 Å². The number of carbonyl (C=O) groups is 1. The zero-order chi connectivity index (χ0) is 23.4. The third kappa shape index (κ3) is 14.6. The van der Waals surface area contributed by atoms with Crippen LogP contribution in [0.2, 0.25) is 10.0 Å². The zero-order valence-electron chi connectivity index (χ0n) is 13.9. The molecule has 2 rings (SSSR count). The molecule has 0 saturated heterocycles. The maximum atomic E-state index is 10.5. The topological polar surface area (TPSA) is 107 Å². The van der Waals surface area contributed by atoms with Crippen molar-refractivity contribution in [3.05, 3.63) is 57.6 Å². The zero-order valence-corrected chi connectivity index (χ0v) is 34.9. The van der Waals surface area contributed by atoms with E-state index in [4.69, 9.17) is 44.4 Å². The van der Waals surface area contributed by atoms with E-state index in [9.17, 15) is 4.79 Å². The van der Waals surface area contributed by atoms with Gasteiger partial charge in [-0.2, -0.15) is 5.26 Å². The SMILES string of the molecule is I[I-]I(I)I(I)I(I)I.N#Cc1ccc(O)c(Cl)c1.NC(=O)c1ccc(O)c(Cl)c1. The van der Waals surface area contributed by atoms with Gasteiger partial charge in [0.1, 0.15) is 11.5 Å². The van der Waals surface area contributed by atoms with Crippen LogP contribution < -0.4 is 19.0 Å². The minimum atomic E-state index is -0.563.